The molecule has 0 unspecified atom stereocenters. The van der Waals surface area contributed by atoms with Crippen LogP contribution in [0.15, 0.2) is 59.5 Å². The number of hydrogen-bond acceptors (Lipinski definition) is 3. The molecule has 2 aromatic carbocycles. The maximum absolute atomic E-state index is 12.4. The van der Waals surface area contributed by atoms with Gasteiger partial charge < -0.3 is 9.80 Å². The van der Waals surface area contributed by atoms with Crippen LogP contribution in [0, 0.1) is 0 Å². The Labute approximate surface area is 149 Å². The van der Waals surface area contributed by atoms with Gasteiger partial charge in [-0.15, -0.1) is 11.8 Å². The Kier molecular flexibility index (Phi) is 7.35. The van der Waals surface area contributed by atoms with Gasteiger partial charge in [-0.05, 0) is 31.8 Å². The summed E-state index contributed by atoms with van der Waals surface area (Å²) < 4.78 is 0. The van der Waals surface area contributed by atoms with Crippen LogP contribution in [0.3, 0.4) is 0 Å². The van der Waals surface area contributed by atoms with E-state index in [-0.39, 0.29) is 5.91 Å². The van der Waals surface area contributed by atoms with Crippen molar-refractivity contribution in [3.05, 3.63) is 60.2 Å². The van der Waals surface area contributed by atoms with E-state index in [1.54, 1.807) is 11.8 Å². The fraction of sp³-hybridized carbons (Fsp3) is 0.350. The minimum Gasteiger partial charge on any atom is -0.310 e. The summed E-state index contributed by atoms with van der Waals surface area (Å²) in [5, 5.41) is 0. The van der Waals surface area contributed by atoms with Crippen LogP contribution in [-0.2, 0) is 10.5 Å². The van der Waals surface area contributed by atoms with Gasteiger partial charge in [-0.3, -0.25) is 4.79 Å². The van der Waals surface area contributed by atoms with Crippen molar-refractivity contribution in [1.82, 2.24) is 4.90 Å². The summed E-state index contributed by atoms with van der Waals surface area (Å²) in [6, 6.07) is 18.6. The van der Waals surface area contributed by atoms with Crippen LogP contribution in [0.1, 0.15) is 18.9 Å². The summed E-state index contributed by atoms with van der Waals surface area (Å²) in [7, 11) is 4.06. The van der Waals surface area contributed by atoms with Crippen LogP contribution in [0.25, 0.3) is 0 Å². The van der Waals surface area contributed by atoms with E-state index in [1.807, 2.05) is 44.1 Å². The van der Waals surface area contributed by atoms with Gasteiger partial charge in [0, 0.05) is 30.2 Å². The molecule has 128 valence electrons. The van der Waals surface area contributed by atoms with Crippen molar-refractivity contribution in [3.8, 4) is 0 Å². The van der Waals surface area contributed by atoms with Crippen molar-refractivity contribution in [1.29, 1.82) is 0 Å². The second kappa shape index (κ2) is 9.50. The quantitative estimate of drug-likeness (QED) is 0.669. The molecule has 0 bridgehead atoms. The van der Waals surface area contributed by atoms with E-state index in [4.69, 9.17) is 0 Å². The number of likely N-dealkylation sites (N-methyl/N-ethyl adjacent to an activating group) is 1. The third-order valence-corrected chi connectivity index (χ3v) is 4.90. The van der Waals surface area contributed by atoms with Crippen molar-refractivity contribution in [3.63, 3.8) is 0 Å². The molecule has 1 amide bonds. The zero-order valence-electron chi connectivity index (χ0n) is 14.7. The summed E-state index contributed by atoms with van der Waals surface area (Å²) in [5.41, 5.74) is 2.31. The molecule has 0 spiro atoms. The molecule has 0 fully saturated rings. The van der Waals surface area contributed by atoms with Gasteiger partial charge in [0.25, 0.3) is 0 Å². The molecule has 0 aliphatic rings. The Morgan fingerprint density at radius 3 is 2.29 bits per heavy atom. The van der Waals surface area contributed by atoms with Gasteiger partial charge in [0.05, 0.1) is 5.69 Å². The number of thioether (sulfide) groups is 1. The third-order valence-electron chi connectivity index (χ3n) is 3.77. The molecule has 0 aliphatic heterocycles. The zero-order chi connectivity index (χ0) is 17.4. The highest BCUT2D eigenvalue weighted by molar-refractivity contribution is 7.98. The van der Waals surface area contributed by atoms with Crippen molar-refractivity contribution < 1.29 is 4.79 Å². The maximum Gasteiger partial charge on any atom is 0.226 e. The molecule has 0 saturated carbocycles. The zero-order valence-corrected chi connectivity index (χ0v) is 15.6. The molecular formula is C20H26N2OS. The molecule has 4 heteroatoms. The van der Waals surface area contributed by atoms with Crippen molar-refractivity contribution in [2.24, 2.45) is 0 Å². The lowest BCUT2D eigenvalue weighted by Gasteiger charge is -2.26. The molecule has 0 heterocycles. The van der Waals surface area contributed by atoms with Crippen molar-refractivity contribution in [2.75, 3.05) is 32.1 Å². The average molecular weight is 343 g/mol. The highest BCUT2D eigenvalue weighted by Crippen LogP contribution is 2.32. The predicted octanol–water partition coefficient (Wildman–Crippen LogP) is 4.28. The van der Waals surface area contributed by atoms with E-state index in [9.17, 15) is 4.79 Å². The Morgan fingerprint density at radius 2 is 1.62 bits per heavy atom. The molecule has 0 radical (unpaired) electrons. The first-order valence-electron chi connectivity index (χ1n) is 8.32. The number of para-hydroxylation sites is 1. The lowest BCUT2D eigenvalue weighted by atomic mass is 10.2. The monoisotopic (exact) mass is 342 g/mol. The Morgan fingerprint density at radius 1 is 0.958 bits per heavy atom. The molecule has 0 aliphatic carbocycles. The number of anilines is 1. The number of carbonyl (C=O) groups is 1. The standard InChI is InChI=1S/C20H26N2OS/c1-4-20(23)22(15-14-21(2)3)18-12-8-9-13-19(18)24-16-17-10-6-5-7-11-17/h5-13H,4,14-16H2,1-3H3. The van der Waals surface area contributed by atoms with Crippen LogP contribution in [0.5, 0.6) is 0 Å². The van der Waals surface area contributed by atoms with Crippen LogP contribution < -0.4 is 4.90 Å². The number of benzene rings is 2. The maximum atomic E-state index is 12.4. The summed E-state index contributed by atoms with van der Waals surface area (Å²) >= 11 is 1.78. The first-order chi connectivity index (χ1) is 11.6. The largest absolute Gasteiger partial charge is 0.310 e. The molecule has 0 atom stereocenters. The molecule has 0 aromatic heterocycles. The molecular weight excluding hydrogens is 316 g/mol. The molecule has 24 heavy (non-hydrogen) atoms. The number of rotatable bonds is 8. The van der Waals surface area contributed by atoms with Gasteiger partial charge in [-0.25, -0.2) is 0 Å². The van der Waals surface area contributed by atoms with Crippen molar-refractivity contribution >= 4 is 23.4 Å². The average Bonchev–Trinajstić information content (AvgIpc) is 2.61. The minimum atomic E-state index is 0.171. The van der Waals surface area contributed by atoms with Gasteiger partial charge in [0.1, 0.15) is 0 Å². The molecule has 3 nitrogen and oxygen atoms in total. The Bertz CT molecular complexity index is 643. The van der Waals surface area contributed by atoms with Gasteiger partial charge in [-0.2, -0.15) is 0 Å². The summed E-state index contributed by atoms with van der Waals surface area (Å²) in [6.07, 6.45) is 0.519. The lowest BCUT2D eigenvalue weighted by molar-refractivity contribution is -0.118. The van der Waals surface area contributed by atoms with Gasteiger partial charge in [0.15, 0.2) is 0 Å². The predicted molar refractivity (Wildman–Crippen MR) is 104 cm³/mol. The Balaban J connectivity index is 2.18. The molecule has 0 saturated heterocycles. The topological polar surface area (TPSA) is 23.6 Å². The Hall–Kier alpha value is -1.78. The van der Waals surface area contributed by atoms with E-state index in [0.717, 1.165) is 22.9 Å². The number of hydrogen-bond donors (Lipinski definition) is 0. The first kappa shape index (κ1) is 18.6. The smallest absolute Gasteiger partial charge is 0.226 e. The van der Waals surface area contributed by atoms with Crippen LogP contribution >= 0.6 is 11.8 Å². The normalized spacial score (nSPS) is 10.8. The lowest BCUT2D eigenvalue weighted by Crippen LogP contribution is -2.36. The fourth-order valence-corrected chi connectivity index (χ4v) is 3.42. The van der Waals surface area contributed by atoms with E-state index >= 15 is 0 Å². The number of amides is 1. The minimum absolute atomic E-state index is 0.171. The van der Waals surface area contributed by atoms with E-state index in [0.29, 0.717) is 13.0 Å². The van der Waals surface area contributed by atoms with Gasteiger partial charge >= 0.3 is 0 Å². The van der Waals surface area contributed by atoms with Gasteiger partial charge in [-0.1, -0.05) is 49.4 Å². The third kappa shape index (κ3) is 5.39. The van der Waals surface area contributed by atoms with E-state index in [2.05, 4.69) is 41.3 Å². The SMILES string of the molecule is CCC(=O)N(CCN(C)C)c1ccccc1SCc1ccccc1. The summed E-state index contributed by atoms with van der Waals surface area (Å²) in [4.78, 5) is 17.6. The summed E-state index contributed by atoms with van der Waals surface area (Å²) in [6.45, 7) is 3.48. The van der Waals surface area contributed by atoms with Crippen molar-refractivity contribution in [2.45, 2.75) is 24.0 Å². The van der Waals surface area contributed by atoms with Crippen LogP contribution in [-0.4, -0.2) is 38.0 Å². The second-order valence-corrected chi connectivity index (χ2v) is 6.96. The molecule has 2 aromatic rings. The highest BCUT2D eigenvalue weighted by atomic mass is 32.2. The van der Waals surface area contributed by atoms with Gasteiger partial charge in [0.2, 0.25) is 5.91 Å². The molecule has 2 rings (SSSR count). The first-order valence-corrected chi connectivity index (χ1v) is 9.31. The van der Waals surface area contributed by atoms with Crippen LogP contribution in [0.2, 0.25) is 0 Å². The van der Waals surface area contributed by atoms with E-state index in [1.165, 1.54) is 5.56 Å². The molecule has 0 N–H and O–H groups in total. The van der Waals surface area contributed by atoms with Crippen LogP contribution in [0.4, 0.5) is 5.69 Å². The second-order valence-electron chi connectivity index (χ2n) is 5.94. The fourth-order valence-electron chi connectivity index (χ4n) is 2.41. The van der Waals surface area contributed by atoms with E-state index < -0.39 is 0 Å². The summed E-state index contributed by atoms with van der Waals surface area (Å²) in [5.74, 6) is 1.07. The number of carbonyl (C=O) groups excluding carboxylic acids is 1. The highest BCUT2D eigenvalue weighted by Gasteiger charge is 2.17. The number of nitrogens with zero attached hydrogens (tertiary/aromatic N) is 2.